The molecule has 1 aromatic carbocycles. The van der Waals surface area contributed by atoms with Crippen LogP contribution in [0.5, 0.6) is 0 Å². The highest BCUT2D eigenvalue weighted by molar-refractivity contribution is 6.00. The Hall–Kier alpha value is -1.84. The lowest BCUT2D eigenvalue weighted by Gasteiger charge is -2.09. The van der Waals surface area contributed by atoms with E-state index in [9.17, 15) is 9.59 Å². The lowest BCUT2D eigenvalue weighted by molar-refractivity contribution is -0.114. The van der Waals surface area contributed by atoms with E-state index >= 15 is 0 Å². The van der Waals surface area contributed by atoms with Crippen molar-refractivity contribution >= 4 is 17.6 Å². The van der Waals surface area contributed by atoms with Gasteiger partial charge in [0.15, 0.2) is 0 Å². The van der Waals surface area contributed by atoms with Gasteiger partial charge in [0.2, 0.25) is 5.91 Å². The summed E-state index contributed by atoms with van der Waals surface area (Å²) < 4.78 is 4.91. The Labute approximate surface area is 94.6 Å². The monoisotopic (exact) mass is 221 g/mol. The molecular weight excluding hydrogens is 206 g/mol. The molecule has 0 aliphatic carbocycles. The van der Waals surface area contributed by atoms with Gasteiger partial charge in [0.1, 0.15) is 0 Å². The Morgan fingerprint density at radius 3 is 2.62 bits per heavy atom. The molecule has 0 radical (unpaired) electrons. The number of benzene rings is 1. The van der Waals surface area contributed by atoms with Crippen LogP contribution in [0.1, 0.15) is 29.8 Å². The van der Waals surface area contributed by atoms with Crippen LogP contribution < -0.4 is 5.32 Å². The van der Waals surface area contributed by atoms with E-state index in [4.69, 9.17) is 4.74 Å². The second-order valence-corrected chi connectivity index (χ2v) is 3.45. The molecule has 0 heterocycles. The highest BCUT2D eigenvalue weighted by atomic mass is 16.5. The largest absolute Gasteiger partial charge is 0.462 e. The maximum atomic E-state index is 11.6. The molecule has 0 saturated heterocycles. The van der Waals surface area contributed by atoms with Crippen molar-refractivity contribution in [1.82, 2.24) is 0 Å². The molecule has 86 valence electrons. The van der Waals surface area contributed by atoms with Gasteiger partial charge in [-0.1, -0.05) is 11.6 Å². The van der Waals surface area contributed by atoms with Crippen molar-refractivity contribution < 1.29 is 14.3 Å². The van der Waals surface area contributed by atoms with Crippen LogP contribution in [0.3, 0.4) is 0 Å². The molecule has 0 bridgehead atoms. The lowest BCUT2D eigenvalue weighted by atomic mass is 10.1. The Morgan fingerprint density at radius 1 is 1.38 bits per heavy atom. The summed E-state index contributed by atoms with van der Waals surface area (Å²) in [5.74, 6) is -0.635. The Kier molecular flexibility index (Phi) is 4.05. The second kappa shape index (κ2) is 5.30. The maximum absolute atomic E-state index is 11.6. The van der Waals surface area contributed by atoms with Crippen molar-refractivity contribution in [2.75, 3.05) is 11.9 Å². The molecule has 1 aromatic rings. The number of ether oxygens (including phenoxy) is 1. The molecule has 0 aliphatic heterocycles. The van der Waals surface area contributed by atoms with Gasteiger partial charge in [0.05, 0.1) is 17.9 Å². The molecule has 4 heteroatoms. The van der Waals surface area contributed by atoms with E-state index in [1.54, 1.807) is 19.1 Å². The van der Waals surface area contributed by atoms with Crippen molar-refractivity contribution in [3.63, 3.8) is 0 Å². The molecule has 16 heavy (non-hydrogen) atoms. The first kappa shape index (κ1) is 12.2. The van der Waals surface area contributed by atoms with E-state index in [0.717, 1.165) is 5.56 Å². The number of nitrogens with one attached hydrogen (secondary N) is 1. The molecular formula is C12H15NO3. The number of hydrogen-bond acceptors (Lipinski definition) is 3. The fourth-order valence-electron chi connectivity index (χ4n) is 1.33. The molecule has 0 atom stereocenters. The molecule has 0 unspecified atom stereocenters. The van der Waals surface area contributed by atoms with Crippen LogP contribution >= 0.6 is 0 Å². The summed E-state index contributed by atoms with van der Waals surface area (Å²) in [5, 5.41) is 2.60. The van der Waals surface area contributed by atoms with Gasteiger partial charge in [-0.3, -0.25) is 4.79 Å². The summed E-state index contributed by atoms with van der Waals surface area (Å²) in [5.41, 5.74) is 1.81. The first-order valence-electron chi connectivity index (χ1n) is 5.10. The molecule has 0 aromatic heterocycles. The van der Waals surface area contributed by atoms with Gasteiger partial charge < -0.3 is 10.1 Å². The Morgan fingerprint density at radius 2 is 2.06 bits per heavy atom. The van der Waals surface area contributed by atoms with Gasteiger partial charge in [0, 0.05) is 6.92 Å². The zero-order chi connectivity index (χ0) is 12.1. The summed E-state index contributed by atoms with van der Waals surface area (Å²) in [4.78, 5) is 22.6. The second-order valence-electron chi connectivity index (χ2n) is 3.45. The smallest absolute Gasteiger partial charge is 0.340 e. The van der Waals surface area contributed by atoms with Crippen LogP contribution in [-0.2, 0) is 9.53 Å². The third-order valence-electron chi connectivity index (χ3n) is 1.98. The molecule has 0 saturated carbocycles. The predicted molar refractivity (Wildman–Crippen MR) is 61.4 cm³/mol. The predicted octanol–water partition coefficient (Wildman–Crippen LogP) is 2.13. The zero-order valence-corrected chi connectivity index (χ0v) is 9.66. The first-order valence-corrected chi connectivity index (χ1v) is 5.10. The summed E-state index contributed by atoms with van der Waals surface area (Å²) in [6.07, 6.45) is 0. The number of aryl methyl sites for hydroxylation is 1. The molecule has 1 rings (SSSR count). The number of carbonyl (C=O) groups excluding carboxylic acids is 2. The van der Waals surface area contributed by atoms with Crippen molar-refractivity contribution in [1.29, 1.82) is 0 Å². The lowest BCUT2D eigenvalue weighted by Crippen LogP contribution is -2.13. The quantitative estimate of drug-likeness (QED) is 0.795. The topological polar surface area (TPSA) is 55.4 Å². The van der Waals surface area contributed by atoms with Gasteiger partial charge in [0.25, 0.3) is 0 Å². The molecule has 0 aliphatic rings. The molecule has 0 fully saturated rings. The van der Waals surface area contributed by atoms with E-state index in [0.29, 0.717) is 17.9 Å². The Balaban J connectivity index is 3.07. The number of amides is 1. The minimum Gasteiger partial charge on any atom is -0.462 e. The van der Waals surface area contributed by atoms with Crippen molar-refractivity contribution in [3.8, 4) is 0 Å². The highest BCUT2D eigenvalue weighted by Gasteiger charge is 2.13. The number of hydrogen-bond donors (Lipinski definition) is 1. The minimum absolute atomic E-state index is 0.214. The van der Waals surface area contributed by atoms with E-state index in [1.165, 1.54) is 6.92 Å². The van der Waals surface area contributed by atoms with Crippen LogP contribution in [0, 0.1) is 6.92 Å². The fraction of sp³-hybridized carbons (Fsp3) is 0.333. The summed E-state index contributed by atoms with van der Waals surface area (Å²) >= 11 is 0. The van der Waals surface area contributed by atoms with Gasteiger partial charge in [-0.25, -0.2) is 4.79 Å². The SMILES string of the molecule is CCOC(=O)c1cc(C)ccc1NC(C)=O. The molecule has 0 spiro atoms. The average molecular weight is 221 g/mol. The van der Waals surface area contributed by atoms with Crippen LogP contribution in [0.25, 0.3) is 0 Å². The Bertz CT molecular complexity index is 413. The summed E-state index contributed by atoms with van der Waals surface area (Å²) in [6.45, 7) is 5.33. The first-order chi connectivity index (χ1) is 7.54. The third-order valence-corrected chi connectivity index (χ3v) is 1.98. The van der Waals surface area contributed by atoms with E-state index < -0.39 is 5.97 Å². The van der Waals surface area contributed by atoms with E-state index in [-0.39, 0.29) is 5.91 Å². The maximum Gasteiger partial charge on any atom is 0.340 e. The normalized spacial score (nSPS) is 9.69. The van der Waals surface area contributed by atoms with Crippen LogP contribution in [0.15, 0.2) is 18.2 Å². The average Bonchev–Trinajstić information content (AvgIpc) is 2.20. The number of esters is 1. The number of rotatable bonds is 3. The van der Waals surface area contributed by atoms with Crippen LogP contribution in [0.4, 0.5) is 5.69 Å². The molecule has 1 N–H and O–H groups in total. The molecule has 1 amide bonds. The minimum atomic E-state index is -0.421. The van der Waals surface area contributed by atoms with Gasteiger partial charge in [-0.2, -0.15) is 0 Å². The van der Waals surface area contributed by atoms with Crippen molar-refractivity contribution in [2.45, 2.75) is 20.8 Å². The number of anilines is 1. The number of carbonyl (C=O) groups is 2. The van der Waals surface area contributed by atoms with Crippen LogP contribution in [-0.4, -0.2) is 18.5 Å². The van der Waals surface area contributed by atoms with Gasteiger partial charge >= 0.3 is 5.97 Å². The van der Waals surface area contributed by atoms with E-state index in [2.05, 4.69) is 5.32 Å². The van der Waals surface area contributed by atoms with E-state index in [1.807, 2.05) is 13.0 Å². The van der Waals surface area contributed by atoms with Gasteiger partial charge in [-0.15, -0.1) is 0 Å². The fourth-order valence-corrected chi connectivity index (χ4v) is 1.33. The van der Waals surface area contributed by atoms with Crippen molar-refractivity contribution in [2.24, 2.45) is 0 Å². The van der Waals surface area contributed by atoms with Crippen molar-refractivity contribution in [3.05, 3.63) is 29.3 Å². The summed E-state index contributed by atoms with van der Waals surface area (Å²) in [6, 6.07) is 5.22. The molecule has 4 nitrogen and oxygen atoms in total. The highest BCUT2D eigenvalue weighted by Crippen LogP contribution is 2.18. The third kappa shape index (κ3) is 3.08. The van der Waals surface area contributed by atoms with Crippen LogP contribution in [0.2, 0.25) is 0 Å². The zero-order valence-electron chi connectivity index (χ0n) is 9.66. The van der Waals surface area contributed by atoms with Gasteiger partial charge in [-0.05, 0) is 26.0 Å². The standard InChI is InChI=1S/C12H15NO3/c1-4-16-12(15)10-7-8(2)5-6-11(10)13-9(3)14/h5-7H,4H2,1-3H3,(H,13,14). The summed E-state index contributed by atoms with van der Waals surface area (Å²) in [7, 11) is 0.